The molecule has 0 saturated heterocycles. The minimum absolute atomic E-state index is 0.221. The van der Waals surface area contributed by atoms with Crippen molar-refractivity contribution in [2.75, 3.05) is 5.32 Å². The predicted octanol–water partition coefficient (Wildman–Crippen LogP) is 2.49. The Bertz CT molecular complexity index is 690. The Morgan fingerprint density at radius 1 is 1.36 bits per heavy atom. The Balaban J connectivity index is 1.69. The molecule has 0 radical (unpaired) electrons. The highest BCUT2D eigenvalue weighted by Crippen LogP contribution is 2.31. The van der Waals surface area contributed by atoms with E-state index >= 15 is 0 Å². The third-order valence-corrected chi connectivity index (χ3v) is 3.93. The lowest BCUT2D eigenvalue weighted by Crippen LogP contribution is -2.31. The summed E-state index contributed by atoms with van der Waals surface area (Å²) in [6.45, 7) is 8.11. The van der Waals surface area contributed by atoms with E-state index in [4.69, 9.17) is 4.74 Å². The second-order valence-electron chi connectivity index (χ2n) is 6.04. The average Bonchev–Trinajstić information content (AvgIpc) is 3.06. The second kappa shape index (κ2) is 5.44. The summed E-state index contributed by atoms with van der Waals surface area (Å²) in [4.78, 5) is 16.5. The largest absolute Gasteiger partial charge is 0.480 e. The molecule has 2 heterocycles. The summed E-state index contributed by atoms with van der Waals surface area (Å²) >= 11 is 0. The van der Waals surface area contributed by atoms with Gasteiger partial charge in [0.25, 0.3) is 5.91 Å². The Labute approximate surface area is 129 Å². The molecule has 0 saturated carbocycles. The molecule has 0 spiro atoms. The number of carbonyl (C=O) groups is 1. The first-order valence-corrected chi connectivity index (χ1v) is 7.44. The molecule has 0 fully saturated rings. The molecule has 0 bridgehead atoms. The molecule has 116 valence electrons. The van der Waals surface area contributed by atoms with Crippen LogP contribution in [0.5, 0.6) is 5.75 Å². The molecule has 6 heteroatoms. The van der Waals surface area contributed by atoms with Crippen LogP contribution in [0, 0.1) is 13.8 Å². The number of nitrogens with zero attached hydrogens (tertiary/aromatic N) is 2. The standard InChI is InChI=1S/C16H20N4O2/c1-8(2)14-17-16(20-19-14)18-15(21)13-7-11-5-9(3)10(4)6-12(11)22-13/h5-6,8,13H,7H2,1-4H3,(H2,17,18,19,20,21)/t13-/m0/s1. The van der Waals surface area contributed by atoms with Gasteiger partial charge in [-0.15, -0.1) is 5.10 Å². The van der Waals surface area contributed by atoms with Crippen LogP contribution in [0.2, 0.25) is 0 Å². The number of rotatable bonds is 3. The predicted molar refractivity (Wildman–Crippen MR) is 83.1 cm³/mol. The highest BCUT2D eigenvalue weighted by atomic mass is 16.5. The average molecular weight is 300 g/mol. The van der Waals surface area contributed by atoms with E-state index < -0.39 is 6.10 Å². The summed E-state index contributed by atoms with van der Waals surface area (Å²) in [7, 11) is 0. The molecule has 2 N–H and O–H groups in total. The summed E-state index contributed by atoms with van der Waals surface area (Å²) in [5.74, 6) is 1.84. The maximum Gasteiger partial charge on any atom is 0.268 e. The lowest BCUT2D eigenvalue weighted by molar-refractivity contribution is -0.122. The summed E-state index contributed by atoms with van der Waals surface area (Å²) in [5.41, 5.74) is 3.44. The second-order valence-corrected chi connectivity index (χ2v) is 6.04. The Hall–Kier alpha value is -2.37. The van der Waals surface area contributed by atoms with Gasteiger partial charge >= 0.3 is 0 Å². The van der Waals surface area contributed by atoms with Gasteiger partial charge in [-0.3, -0.25) is 15.2 Å². The van der Waals surface area contributed by atoms with E-state index in [9.17, 15) is 4.79 Å². The number of aromatic nitrogens is 3. The van der Waals surface area contributed by atoms with Crippen molar-refractivity contribution in [3.63, 3.8) is 0 Å². The first kappa shape index (κ1) is 14.6. The third-order valence-electron chi connectivity index (χ3n) is 3.93. The Kier molecular flexibility index (Phi) is 3.60. The fourth-order valence-corrected chi connectivity index (χ4v) is 2.44. The molecule has 0 unspecified atom stereocenters. The molecule has 2 aromatic rings. The number of hydrogen-bond donors (Lipinski definition) is 2. The van der Waals surface area contributed by atoms with E-state index in [2.05, 4.69) is 33.5 Å². The van der Waals surface area contributed by atoms with Gasteiger partial charge in [0, 0.05) is 12.3 Å². The first-order chi connectivity index (χ1) is 10.4. The lowest BCUT2D eigenvalue weighted by Gasteiger charge is -2.09. The van der Waals surface area contributed by atoms with Gasteiger partial charge in [-0.25, -0.2) is 0 Å². The Morgan fingerprint density at radius 2 is 2.09 bits per heavy atom. The van der Waals surface area contributed by atoms with Gasteiger partial charge in [0.15, 0.2) is 6.10 Å². The number of aromatic amines is 1. The number of carbonyl (C=O) groups excluding carboxylic acids is 1. The number of nitrogens with one attached hydrogen (secondary N) is 2. The fourth-order valence-electron chi connectivity index (χ4n) is 2.44. The maximum absolute atomic E-state index is 12.3. The smallest absolute Gasteiger partial charge is 0.268 e. The van der Waals surface area contributed by atoms with Crippen LogP contribution in [0.4, 0.5) is 5.95 Å². The van der Waals surface area contributed by atoms with Crippen molar-refractivity contribution in [2.45, 2.75) is 46.1 Å². The fraction of sp³-hybridized carbons (Fsp3) is 0.438. The minimum atomic E-state index is -0.530. The molecular formula is C16H20N4O2. The van der Waals surface area contributed by atoms with E-state index in [-0.39, 0.29) is 11.8 Å². The van der Waals surface area contributed by atoms with Crippen molar-refractivity contribution >= 4 is 11.9 Å². The number of hydrogen-bond acceptors (Lipinski definition) is 4. The van der Waals surface area contributed by atoms with E-state index in [0.717, 1.165) is 22.7 Å². The highest BCUT2D eigenvalue weighted by Gasteiger charge is 2.30. The molecule has 1 aliphatic heterocycles. The van der Waals surface area contributed by atoms with Crippen LogP contribution < -0.4 is 10.1 Å². The van der Waals surface area contributed by atoms with Crippen molar-refractivity contribution in [3.05, 3.63) is 34.6 Å². The normalized spacial score (nSPS) is 16.5. The van der Waals surface area contributed by atoms with Crippen molar-refractivity contribution in [2.24, 2.45) is 0 Å². The van der Waals surface area contributed by atoms with Crippen LogP contribution in [0.1, 0.15) is 42.3 Å². The van der Waals surface area contributed by atoms with E-state index in [1.54, 1.807) is 0 Å². The monoisotopic (exact) mass is 300 g/mol. The van der Waals surface area contributed by atoms with Crippen LogP contribution in [-0.4, -0.2) is 27.2 Å². The van der Waals surface area contributed by atoms with Crippen molar-refractivity contribution in [1.82, 2.24) is 15.2 Å². The van der Waals surface area contributed by atoms with Crippen LogP contribution >= 0.6 is 0 Å². The van der Waals surface area contributed by atoms with Crippen LogP contribution in [0.15, 0.2) is 12.1 Å². The Morgan fingerprint density at radius 3 is 2.77 bits per heavy atom. The van der Waals surface area contributed by atoms with Gasteiger partial charge in [0.1, 0.15) is 11.6 Å². The van der Waals surface area contributed by atoms with E-state index in [0.29, 0.717) is 12.4 Å². The zero-order chi connectivity index (χ0) is 15.9. The number of aryl methyl sites for hydroxylation is 2. The first-order valence-electron chi connectivity index (χ1n) is 7.44. The van der Waals surface area contributed by atoms with Gasteiger partial charge in [-0.05, 0) is 36.6 Å². The highest BCUT2D eigenvalue weighted by molar-refractivity contribution is 5.93. The van der Waals surface area contributed by atoms with Gasteiger partial charge in [-0.1, -0.05) is 19.9 Å². The van der Waals surface area contributed by atoms with Crippen LogP contribution in [0.3, 0.4) is 0 Å². The maximum atomic E-state index is 12.3. The minimum Gasteiger partial charge on any atom is -0.480 e. The molecule has 1 aromatic heterocycles. The van der Waals surface area contributed by atoms with Crippen LogP contribution in [-0.2, 0) is 11.2 Å². The third kappa shape index (κ3) is 2.68. The number of benzene rings is 1. The molecular weight excluding hydrogens is 280 g/mol. The molecule has 0 aliphatic carbocycles. The molecule has 22 heavy (non-hydrogen) atoms. The molecule has 1 aliphatic rings. The number of amides is 1. The van der Waals surface area contributed by atoms with Crippen molar-refractivity contribution < 1.29 is 9.53 Å². The van der Waals surface area contributed by atoms with E-state index in [1.807, 2.05) is 26.8 Å². The van der Waals surface area contributed by atoms with Crippen LogP contribution in [0.25, 0.3) is 0 Å². The number of anilines is 1. The summed E-state index contributed by atoms with van der Waals surface area (Å²) in [5, 5.41) is 9.52. The molecule has 3 rings (SSSR count). The van der Waals surface area contributed by atoms with E-state index in [1.165, 1.54) is 5.56 Å². The molecule has 1 amide bonds. The number of fused-ring (bicyclic) bond motifs is 1. The SMILES string of the molecule is Cc1cc2c(cc1C)O[C@H](C(=O)Nc1n[nH]c(C(C)C)n1)C2. The number of ether oxygens (including phenoxy) is 1. The summed E-state index contributed by atoms with van der Waals surface area (Å²) < 4.78 is 5.75. The van der Waals surface area contributed by atoms with Gasteiger partial charge in [0.2, 0.25) is 5.95 Å². The topological polar surface area (TPSA) is 79.9 Å². The number of H-pyrrole nitrogens is 1. The zero-order valence-corrected chi connectivity index (χ0v) is 13.2. The molecule has 1 aromatic carbocycles. The zero-order valence-electron chi connectivity index (χ0n) is 13.2. The molecule has 6 nitrogen and oxygen atoms in total. The van der Waals surface area contributed by atoms with Gasteiger partial charge < -0.3 is 4.74 Å². The van der Waals surface area contributed by atoms with Gasteiger partial charge in [0.05, 0.1) is 0 Å². The summed E-state index contributed by atoms with van der Waals surface area (Å²) in [6, 6.07) is 4.07. The lowest BCUT2D eigenvalue weighted by atomic mass is 10.0. The van der Waals surface area contributed by atoms with Crippen molar-refractivity contribution in [3.8, 4) is 5.75 Å². The summed E-state index contributed by atoms with van der Waals surface area (Å²) in [6.07, 6.45) is 0.0428. The molecule has 1 atom stereocenters. The van der Waals surface area contributed by atoms with Gasteiger partial charge in [-0.2, -0.15) is 4.98 Å². The van der Waals surface area contributed by atoms with Crippen molar-refractivity contribution in [1.29, 1.82) is 0 Å². The quantitative estimate of drug-likeness (QED) is 0.912.